The number of carbonyl (C=O) groups is 1. The topological polar surface area (TPSA) is 150 Å². The molecule has 0 aliphatic carbocycles. The maximum Gasteiger partial charge on any atom is 0.218 e. The number of hydrogen-bond acceptors (Lipinski definition) is 7. The number of aliphatic hydroxyl groups is 6. The van der Waals surface area contributed by atoms with Crippen LogP contribution in [-0.2, 0) is 4.79 Å². The summed E-state index contributed by atoms with van der Waals surface area (Å²) in [5, 5.41) is 56.3. The van der Waals surface area contributed by atoms with Crippen molar-refractivity contribution < 1.29 is 35.4 Å². The molecule has 0 heterocycles. The van der Waals surface area contributed by atoms with E-state index in [4.69, 9.17) is 15.3 Å². The van der Waals surface area contributed by atoms with Crippen LogP contribution in [0.25, 0.3) is 0 Å². The molecule has 7 N–H and O–H groups in total. The zero-order valence-corrected chi connectivity index (χ0v) is 8.69. The predicted molar refractivity (Wildman–Crippen MR) is 50.9 cm³/mol. The van der Waals surface area contributed by atoms with Crippen molar-refractivity contribution in [1.82, 2.24) is 5.32 Å². The van der Waals surface area contributed by atoms with Crippen molar-refractivity contribution in [3.8, 4) is 0 Å². The molecule has 0 saturated carbocycles. The summed E-state index contributed by atoms with van der Waals surface area (Å²) in [5.41, 5.74) is 0. The Hall–Kier alpha value is -0.770. The molecule has 0 radical (unpaired) electrons. The number of rotatable bonds is 6. The van der Waals surface area contributed by atoms with E-state index < -0.39 is 43.2 Å². The first-order valence-electron chi connectivity index (χ1n) is 4.59. The molecule has 0 bridgehead atoms. The molecule has 0 aliphatic heterocycles. The lowest BCUT2D eigenvalue weighted by Gasteiger charge is -2.28. The summed E-state index contributed by atoms with van der Waals surface area (Å²) in [6.45, 7) is 0.266. The van der Waals surface area contributed by atoms with Crippen LogP contribution in [0, 0.1) is 0 Å². The number of nitrogens with one attached hydrogen (secondary N) is 1. The third-order valence-corrected chi connectivity index (χ3v) is 1.96. The normalized spacial score (nSPS) is 20.7. The Morgan fingerprint density at radius 1 is 1.06 bits per heavy atom. The molecule has 0 aromatic carbocycles. The minimum Gasteiger partial charge on any atom is -0.394 e. The summed E-state index contributed by atoms with van der Waals surface area (Å²) in [6.07, 6.45) is -9.09. The van der Waals surface area contributed by atoms with Gasteiger partial charge in [-0.3, -0.25) is 4.79 Å². The van der Waals surface area contributed by atoms with Crippen molar-refractivity contribution in [2.75, 3.05) is 6.61 Å². The molecular formula is C8H17NO7. The minimum atomic E-state index is -1.91. The van der Waals surface area contributed by atoms with Gasteiger partial charge in [0.1, 0.15) is 24.4 Å². The van der Waals surface area contributed by atoms with E-state index in [2.05, 4.69) is 0 Å². The lowest BCUT2D eigenvalue weighted by molar-refractivity contribution is -0.150. The molecule has 0 aromatic rings. The second-order valence-electron chi connectivity index (χ2n) is 3.37. The maximum atomic E-state index is 10.5. The molecule has 96 valence electrons. The molecule has 5 atom stereocenters. The van der Waals surface area contributed by atoms with Crippen LogP contribution >= 0.6 is 0 Å². The van der Waals surface area contributed by atoms with E-state index >= 15 is 0 Å². The Labute approximate surface area is 91.8 Å². The highest BCUT2D eigenvalue weighted by molar-refractivity contribution is 5.73. The molecule has 1 unspecified atom stereocenters. The van der Waals surface area contributed by atoms with Crippen LogP contribution in [0.2, 0.25) is 0 Å². The highest BCUT2D eigenvalue weighted by Crippen LogP contribution is 2.07. The summed E-state index contributed by atoms with van der Waals surface area (Å²) in [4.78, 5) is 10.5. The zero-order valence-electron chi connectivity index (χ0n) is 8.69. The van der Waals surface area contributed by atoms with E-state index in [0.29, 0.717) is 0 Å². The molecule has 1 amide bonds. The van der Waals surface area contributed by atoms with Gasteiger partial charge in [-0.05, 0) is 0 Å². The Kier molecular flexibility index (Phi) is 6.41. The average molecular weight is 239 g/mol. The van der Waals surface area contributed by atoms with Crippen LogP contribution in [0.1, 0.15) is 6.92 Å². The molecule has 0 saturated heterocycles. The van der Waals surface area contributed by atoms with Gasteiger partial charge < -0.3 is 36.0 Å². The lowest BCUT2D eigenvalue weighted by Crippen LogP contribution is -2.54. The van der Waals surface area contributed by atoms with E-state index in [1.165, 1.54) is 0 Å². The van der Waals surface area contributed by atoms with Gasteiger partial charge in [-0.2, -0.15) is 0 Å². The summed E-state index contributed by atoms with van der Waals surface area (Å²) in [5.74, 6) is -0.643. The molecule has 0 aliphatic rings. The first-order chi connectivity index (χ1) is 7.31. The predicted octanol–water partition coefficient (Wildman–Crippen LogP) is -4.12. The Balaban J connectivity index is 4.35. The molecule has 0 aromatic heterocycles. The molecule has 8 nitrogen and oxygen atoms in total. The van der Waals surface area contributed by atoms with Crippen LogP contribution in [-0.4, -0.2) is 73.8 Å². The Morgan fingerprint density at radius 3 is 1.94 bits per heavy atom. The van der Waals surface area contributed by atoms with Gasteiger partial charge >= 0.3 is 0 Å². The summed E-state index contributed by atoms with van der Waals surface area (Å²) in [7, 11) is 0. The quantitative estimate of drug-likeness (QED) is 0.233. The lowest BCUT2D eigenvalue weighted by atomic mass is 10.0. The summed E-state index contributed by atoms with van der Waals surface area (Å²) < 4.78 is 0. The van der Waals surface area contributed by atoms with Gasteiger partial charge in [-0.25, -0.2) is 0 Å². The molecule has 0 fully saturated rings. The van der Waals surface area contributed by atoms with Crippen molar-refractivity contribution in [2.45, 2.75) is 37.6 Å². The van der Waals surface area contributed by atoms with Gasteiger partial charge in [0, 0.05) is 6.92 Å². The fourth-order valence-electron chi connectivity index (χ4n) is 1.02. The zero-order chi connectivity index (χ0) is 12.9. The molecule has 0 rings (SSSR count). The third-order valence-electron chi connectivity index (χ3n) is 1.96. The van der Waals surface area contributed by atoms with E-state index in [1.807, 2.05) is 5.32 Å². The van der Waals surface area contributed by atoms with Crippen molar-refractivity contribution >= 4 is 5.91 Å². The van der Waals surface area contributed by atoms with E-state index in [0.717, 1.165) is 6.92 Å². The van der Waals surface area contributed by atoms with Crippen LogP contribution in [0.4, 0.5) is 0 Å². The van der Waals surface area contributed by atoms with E-state index in [1.54, 1.807) is 0 Å². The van der Waals surface area contributed by atoms with Crippen LogP contribution < -0.4 is 5.32 Å². The second kappa shape index (κ2) is 6.74. The van der Waals surface area contributed by atoms with E-state index in [-0.39, 0.29) is 0 Å². The monoisotopic (exact) mass is 239 g/mol. The van der Waals surface area contributed by atoms with Crippen LogP contribution in [0.15, 0.2) is 0 Å². The van der Waals surface area contributed by atoms with Gasteiger partial charge in [-0.15, -0.1) is 0 Å². The summed E-state index contributed by atoms with van der Waals surface area (Å²) >= 11 is 0. The first kappa shape index (κ1) is 15.2. The van der Waals surface area contributed by atoms with Crippen LogP contribution in [0.3, 0.4) is 0 Å². The minimum absolute atomic E-state index is 0.643. The van der Waals surface area contributed by atoms with Crippen molar-refractivity contribution in [3.63, 3.8) is 0 Å². The fraction of sp³-hybridized carbons (Fsp3) is 0.875. The van der Waals surface area contributed by atoms with Crippen LogP contribution in [0.5, 0.6) is 0 Å². The van der Waals surface area contributed by atoms with Gasteiger partial charge in [0.15, 0.2) is 6.23 Å². The van der Waals surface area contributed by atoms with E-state index in [9.17, 15) is 20.1 Å². The number of amides is 1. The number of hydrogen-bond donors (Lipinski definition) is 7. The smallest absolute Gasteiger partial charge is 0.218 e. The molecule has 16 heavy (non-hydrogen) atoms. The number of carbonyl (C=O) groups excluding carboxylic acids is 1. The SMILES string of the molecule is CC(=O)NC(O)[C@H](O)[C@@H](O)[C@@H](O)[C@@H](O)CO. The first-order valence-corrected chi connectivity index (χ1v) is 4.59. The van der Waals surface area contributed by atoms with Gasteiger partial charge in [-0.1, -0.05) is 0 Å². The van der Waals surface area contributed by atoms with Gasteiger partial charge in [0.05, 0.1) is 6.61 Å². The third kappa shape index (κ3) is 4.39. The standard InChI is InChI=1S/C8H17NO7/c1-3(11)9-8(16)7(15)6(14)5(13)4(12)2-10/h4-8,10,12-16H,2H2,1H3,(H,9,11)/t4-,5-,6-,7+,8?/m0/s1. The van der Waals surface area contributed by atoms with Crippen molar-refractivity contribution in [3.05, 3.63) is 0 Å². The second-order valence-corrected chi connectivity index (χ2v) is 3.37. The maximum absolute atomic E-state index is 10.5. The van der Waals surface area contributed by atoms with Crippen molar-refractivity contribution in [1.29, 1.82) is 0 Å². The summed E-state index contributed by atoms with van der Waals surface area (Å²) in [6, 6.07) is 0. The highest BCUT2D eigenvalue weighted by atomic mass is 16.4. The fourth-order valence-corrected chi connectivity index (χ4v) is 1.02. The Bertz CT molecular complexity index is 224. The van der Waals surface area contributed by atoms with Gasteiger partial charge in [0.2, 0.25) is 5.91 Å². The molecule has 0 spiro atoms. The van der Waals surface area contributed by atoms with Gasteiger partial charge in [0.25, 0.3) is 0 Å². The molecular weight excluding hydrogens is 222 g/mol. The number of aliphatic hydroxyl groups excluding tert-OH is 6. The Morgan fingerprint density at radius 2 is 1.56 bits per heavy atom. The highest BCUT2D eigenvalue weighted by Gasteiger charge is 2.34. The largest absolute Gasteiger partial charge is 0.394 e. The van der Waals surface area contributed by atoms with Crippen molar-refractivity contribution in [2.24, 2.45) is 0 Å². The average Bonchev–Trinajstić information content (AvgIpc) is 2.23. The molecule has 8 heteroatoms.